The van der Waals surface area contributed by atoms with Crippen molar-refractivity contribution in [3.05, 3.63) is 0 Å². The van der Waals surface area contributed by atoms with E-state index in [9.17, 15) is 44.4 Å². The summed E-state index contributed by atoms with van der Waals surface area (Å²) in [5, 5.41) is 54.1. The lowest BCUT2D eigenvalue weighted by Crippen LogP contribution is -2.69. The monoisotopic (exact) mass is 690 g/mol. The van der Waals surface area contributed by atoms with Crippen molar-refractivity contribution in [2.24, 2.45) is 27.9 Å². The number of amides is 4. The van der Waals surface area contributed by atoms with Crippen molar-refractivity contribution in [2.45, 2.75) is 106 Å². The Bertz CT molecular complexity index is 1130. The van der Waals surface area contributed by atoms with Gasteiger partial charge in [-0.15, -0.1) is 0 Å². The van der Waals surface area contributed by atoms with Crippen molar-refractivity contribution in [3.63, 3.8) is 0 Å². The predicted octanol–water partition coefficient (Wildman–Crippen LogP) is -6.05. The highest BCUT2D eigenvalue weighted by atomic mass is 16.6. The topological polar surface area (TPSA) is 361 Å². The molecule has 0 aromatic rings. The van der Waals surface area contributed by atoms with Crippen LogP contribution in [-0.4, -0.2) is 143 Å². The molecule has 0 aromatic carbocycles. The second kappa shape index (κ2) is 19.8. The molecule has 2 aliphatic heterocycles. The number of aliphatic hydroxyl groups is 3. The van der Waals surface area contributed by atoms with Crippen molar-refractivity contribution in [2.75, 3.05) is 26.2 Å². The molecule has 1 fully saturated rings. The highest BCUT2D eigenvalue weighted by molar-refractivity contribution is 5.90. The number of primary amides is 1. The molecule has 2 rings (SSSR count). The Morgan fingerprint density at radius 2 is 1.81 bits per heavy atom. The zero-order chi connectivity index (χ0) is 36.0. The van der Waals surface area contributed by atoms with Gasteiger partial charge in [0.25, 0.3) is 0 Å². The minimum atomic E-state index is -1.72. The van der Waals surface area contributed by atoms with Gasteiger partial charge in [0, 0.05) is 44.9 Å². The summed E-state index contributed by atoms with van der Waals surface area (Å²) >= 11 is 0. The van der Waals surface area contributed by atoms with E-state index < -0.39 is 85.3 Å². The maximum absolute atomic E-state index is 13.3. The first kappa shape index (κ1) is 40.3. The molecule has 0 radical (unpaired) electrons. The number of aliphatic imine (C=N–C) groups is 1. The van der Waals surface area contributed by atoms with Gasteiger partial charge in [-0.1, -0.05) is 0 Å². The van der Waals surface area contributed by atoms with Crippen LogP contribution in [0.5, 0.6) is 0 Å². The van der Waals surface area contributed by atoms with E-state index >= 15 is 0 Å². The van der Waals surface area contributed by atoms with Gasteiger partial charge in [0.05, 0.1) is 12.7 Å². The molecule has 4 amide bonds. The summed E-state index contributed by atoms with van der Waals surface area (Å²) in [6.07, 6.45) is -6.82. The predicted molar refractivity (Wildman–Crippen MR) is 167 cm³/mol. The highest BCUT2D eigenvalue weighted by Gasteiger charge is 2.49. The first-order valence-electron chi connectivity index (χ1n) is 15.6. The maximum Gasteiger partial charge on any atom is 0.404 e. The minimum Gasteiger partial charge on any atom is -0.480 e. The quantitative estimate of drug-likeness (QED) is 0.0561. The summed E-state index contributed by atoms with van der Waals surface area (Å²) in [6.45, 7) is 0.934. The van der Waals surface area contributed by atoms with Gasteiger partial charge in [-0.05, 0) is 32.2 Å². The molecule has 1 saturated heterocycles. The van der Waals surface area contributed by atoms with Crippen LogP contribution < -0.4 is 49.5 Å². The molecule has 0 aliphatic carbocycles. The van der Waals surface area contributed by atoms with Gasteiger partial charge in [-0.25, -0.2) is 14.6 Å². The van der Waals surface area contributed by atoms with Crippen LogP contribution in [0.4, 0.5) is 4.79 Å². The molecule has 17 N–H and O–H groups in total. The molecule has 0 aromatic heterocycles. The minimum absolute atomic E-state index is 0.128. The zero-order valence-corrected chi connectivity index (χ0v) is 26.7. The number of ether oxygens (including phenoxy) is 2. The van der Waals surface area contributed by atoms with Crippen LogP contribution in [0.25, 0.3) is 0 Å². The maximum atomic E-state index is 13.3. The number of rotatable bonds is 19. The molecular weight excluding hydrogens is 640 g/mol. The van der Waals surface area contributed by atoms with Gasteiger partial charge < -0.3 is 79.4 Å². The molecule has 0 saturated carbocycles. The van der Waals surface area contributed by atoms with Gasteiger partial charge in [0.15, 0.2) is 24.3 Å². The van der Waals surface area contributed by atoms with E-state index in [0.717, 1.165) is 0 Å². The summed E-state index contributed by atoms with van der Waals surface area (Å²) < 4.78 is 10.7. The van der Waals surface area contributed by atoms with Crippen molar-refractivity contribution in [3.8, 4) is 0 Å². The van der Waals surface area contributed by atoms with Gasteiger partial charge in [0.1, 0.15) is 24.3 Å². The number of aliphatic hydroxyl groups excluding tert-OH is 3. The van der Waals surface area contributed by atoms with Crippen LogP contribution in [0.15, 0.2) is 4.99 Å². The van der Waals surface area contributed by atoms with E-state index in [0.29, 0.717) is 25.8 Å². The summed E-state index contributed by atoms with van der Waals surface area (Å²) in [7, 11) is 0. The number of hydrogen-bond acceptors (Lipinski definition) is 16. The largest absolute Gasteiger partial charge is 0.480 e. The van der Waals surface area contributed by atoms with E-state index in [-0.39, 0.29) is 50.3 Å². The van der Waals surface area contributed by atoms with Crippen LogP contribution in [0.3, 0.4) is 0 Å². The highest BCUT2D eigenvalue weighted by Crippen LogP contribution is 2.24. The summed E-state index contributed by atoms with van der Waals surface area (Å²) in [6, 6.07) is -5.03. The number of carbonyl (C=O) groups is 5. The third kappa shape index (κ3) is 12.6. The SMILES string of the molecule is CC(=O)N[C@@H](CCCNC(=O)C[C@@H](N)CCCN)CC(=O)N[C@@H]1[C@H](O)[C@@H](OC(N)=O)[C@@H](CO)O[C@H]1NC1=N[C@H]([C@H](O)CN)[C@@H](C(=O)O)N1. The molecule has 274 valence electrons. The van der Waals surface area contributed by atoms with Crippen LogP contribution in [0, 0.1) is 0 Å². The number of carboxylic acids is 1. The smallest absolute Gasteiger partial charge is 0.404 e. The summed E-state index contributed by atoms with van der Waals surface area (Å²) in [5.41, 5.74) is 22.0. The molecule has 10 atom stereocenters. The Hall–Kier alpha value is -3.86. The van der Waals surface area contributed by atoms with Crippen LogP contribution >= 0.6 is 0 Å². The third-order valence-electron chi connectivity index (χ3n) is 7.69. The number of hydrogen-bond donors (Lipinski definition) is 13. The van der Waals surface area contributed by atoms with Gasteiger partial charge >= 0.3 is 12.1 Å². The average Bonchev–Trinajstić information content (AvgIpc) is 3.44. The number of guanidine groups is 1. The fourth-order valence-electron chi connectivity index (χ4n) is 5.38. The molecule has 2 aliphatic rings. The second-order valence-corrected chi connectivity index (χ2v) is 11.6. The van der Waals surface area contributed by atoms with E-state index in [1.165, 1.54) is 6.92 Å². The first-order chi connectivity index (χ1) is 22.7. The second-order valence-electron chi connectivity index (χ2n) is 11.6. The van der Waals surface area contributed by atoms with Crippen molar-refractivity contribution >= 4 is 35.7 Å². The Balaban J connectivity index is 2.15. The Kier molecular flexibility index (Phi) is 16.7. The van der Waals surface area contributed by atoms with Crippen LogP contribution in [0.2, 0.25) is 0 Å². The van der Waals surface area contributed by atoms with E-state index in [1.807, 2.05) is 0 Å². The molecule has 0 spiro atoms. The molecule has 48 heavy (non-hydrogen) atoms. The fraction of sp³-hybridized carbons (Fsp3) is 0.778. The molecule has 2 heterocycles. The first-order valence-corrected chi connectivity index (χ1v) is 15.6. The molecule has 0 unspecified atom stereocenters. The molecule has 21 nitrogen and oxygen atoms in total. The third-order valence-corrected chi connectivity index (χ3v) is 7.69. The van der Waals surface area contributed by atoms with Crippen LogP contribution in [0.1, 0.15) is 45.4 Å². The number of carbonyl (C=O) groups excluding carboxylic acids is 4. The number of aliphatic carboxylic acids is 1. The van der Waals surface area contributed by atoms with E-state index in [4.69, 9.17) is 32.4 Å². The lowest BCUT2D eigenvalue weighted by molar-refractivity contribution is -0.198. The summed E-state index contributed by atoms with van der Waals surface area (Å²) in [4.78, 5) is 64.8. The Labute approximate surface area is 276 Å². The molecule has 21 heteroatoms. The zero-order valence-electron chi connectivity index (χ0n) is 26.7. The number of nitrogens with zero attached hydrogens (tertiary/aromatic N) is 1. The molecule has 0 bridgehead atoms. The normalized spacial score (nSPS) is 27.0. The van der Waals surface area contributed by atoms with Gasteiger partial charge in [-0.2, -0.15) is 0 Å². The molecular formula is C27H50N10O11. The number of nitrogens with one attached hydrogen (secondary N) is 5. The van der Waals surface area contributed by atoms with Gasteiger partial charge in [0.2, 0.25) is 17.7 Å². The van der Waals surface area contributed by atoms with Crippen LogP contribution in [-0.2, 0) is 28.7 Å². The van der Waals surface area contributed by atoms with E-state index in [2.05, 4.69) is 31.6 Å². The van der Waals surface area contributed by atoms with E-state index in [1.54, 1.807) is 0 Å². The lowest BCUT2D eigenvalue weighted by Gasteiger charge is -2.44. The van der Waals surface area contributed by atoms with Crippen molar-refractivity contribution in [1.29, 1.82) is 0 Å². The van der Waals surface area contributed by atoms with Crippen molar-refractivity contribution in [1.82, 2.24) is 26.6 Å². The number of nitrogens with two attached hydrogens (primary N) is 4. The summed E-state index contributed by atoms with van der Waals surface area (Å²) in [5.74, 6) is -2.89. The fourth-order valence-corrected chi connectivity index (χ4v) is 5.38. The standard InChI is InChI=1S/C27H50N10O11/c1-12(39)33-14(5-3-7-32-17(41)8-13(30)4-2-6-28)9-18(42)34-21-22(43)23(48-26(31)46)16(11-38)47-24(21)37-27-35-19(15(40)10-29)20(36-27)25(44)45/h13-16,19-24,38,40,43H,2-11,28-30H2,1H3,(H2,31,46)(H,32,41)(H,33,39)(H,34,42)(H,44,45)(H2,35,36,37)/t13-,14-,15+,16+,19+,20-,21+,22-,23-,24+/m0/s1. The van der Waals surface area contributed by atoms with Crippen molar-refractivity contribution < 1.29 is 53.9 Å². The van der Waals surface area contributed by atoms with Gasteiger partial charge in [-0.3, -0.25) is 14.4 Å². The number of carboxylic acid groups (broad SMARTS) is 1. The Morgan fingerprint density at radius 3 is 2.40 bits per heavy atom. The lowest BCUT2D eigenvalue weighted by atomic mass is 9.95. The Morgan fingerprint density at radius 1 is 1.10 bits per heavy atom. The average molecular weight is 691 g/mol.